The predicted molar refractivity (Wildman–Crippen MR) is 83.9 cm³/mol. The number of hydrogen-bond acceptors (Lipinski definition) is 3. The number of nitrogens with one attached hydrogen (secondary N) is 1. The standard InChI is InChI=1S/C16H19ClFN3/c1-4-7-19-10(2)13-9-20-16(21-11(13)3)12-5-6-15(18)14(17)8-12/h5-6,8-10,19H,4,7H2,1-3H3. The maximum atomic E-state index is 13.2. The second kappa shape index (κ2) is 6.96. The van der Waals surface area contributed by atoms with Crippen LogP contribution in [0.4, 0.5) is 4.39 Å². The van der Waals surface area contributed by atoms with E-state index in [0.29, 0.717) is 11.4 Å². The van der Waals surface area contributed by atoms with Crippen molar-refractivity contribution in [2.75, 3.05) is 6.54 Å². The van der Waals surface area contributed by atoms with E-state index in [1.54, 1.807) is 12.1 Å². The van der Waals surface area contributed by atoms with Crippen LogP contribution in [0.3, 0.4) is 0 Å². The zero-order valence-corrected chi connectivity index (χ0v) is 13.2. The van der Waals surface area contributed by atoms with Crippen LogP contribution in [0.2, 0.25) is 5.02 Å². The van der Waals surface area contributed by atoms with Crippen molar-refractivity contribution in [1.29, 1.82) is 0 Å². The third kappa shape index (κ3) is 3.77. The van der Waals surface area contributed by atoms with Gasteiger partial charge in [-0.3, -0.25) is 0 Å². The van der Waals surface area contributed by atoms with Gasteiger partial charge in [-0.2, -0.15) is 0 Å². The van der Waals surface area contributed by atoms with Crippen molar-refractivity contribution >= 4 is 11.6 Å². The number of aromatic nitrogens is 2. The van der Waals surface area contributed by atoms with Gasteiger partial charge in [0.1, 0.15) is 5.82 Å². The molecule has 1 N–H and O–H groups in total. The topological polar surface area (TPSA) is 37.8 Å². The average Bonchev–Trinajstić information content (AvgIpc) is 2.47. The van der Waals surface area contributed by atoms with E-state index in [1.165, 1.54) is 6.07 Å². The first-order valence-corrected chi connectivity index (χ1v) is 7.43. The van der Waals surface area contributed by atoms with Crippen molar-refractivity contribution in [3.8, 4) is 11.4 Å². The van der Waals surface area contributed by atoms with Gasteiger partial charge in [-0.1, -0.05) is 18.5 Å². The lowest BCUT2D eigenvalue weighted by atomic mass is 10.1. The van der Waals surface area contributed by atoms with Crippen LogP contribution in [-0.4, -0.2) is 16.5 Å². The monoisotopic (exact) mass is 307 g/mol. The lowest BCUT2D eigenvalue weighted by Crippen LogP contribution is -2.20. The molecule has 0 spiro atoms. The Kier molecular flexibility index (Phi) is 5.26. The number of aryl methyl sites for hydroxylation is 1. The molecular weight excluding hydrogens is 289 g/mol. The number of hydrogen-bond donors (Lipinski definition) is 1. The smallest absolute Gasteiger partial charge is 0.159 e. The van der Waals surface area contributed by atoms with Crippen molar-refractivity contribution < 1.29 is 4.39 Å². The normalized spacial score (nSPS) is 12.4. The minimum atomic E-state index is -0.439. The van der Waals surface area contributed by atoms with Crippen molar-refractivity contribution in [2.45, 2.75) is 33.2 Å². The fraction of sp³-hybridized carbons (Fsp3) is 0.375. The Balaban J connectivity index is 2.27. The molecule has 0 aliphatic heterocycles. The summed E-state index contributed by atoms with van der Waals surface area (Å²) in [5.74, 6) is 0.118. The molecule has 1 atom stereocenters. The minimum absolute atomic E-state index is 0.0795. The highest BCUT2D eigenvalue weighted by Gasteiger charge is 2.12. The van der Waals surface area contributed by atoms with Crippen LogP contribution >= 0.6 is 11.6 Å². The first kappa shape index (κ1) is 15.9. The van der Waals surface area contributed by atoms with Crippen LogP contribution in [-0.2, 0) is 0 Å². The third-order valence-electron chi connectivity index (χ3n) is 3.36. The summed E-state index contributed by atoms with van der Waals surface area (Å²) in [5.41, 5.74) is 2.70. The fourth-order valence-corrected chi connectivity index (χ4v) is 2.33. The summed E-state index contributed by atoms with van der Waals surface area (Å²) < 4.78 is 13.2. The van der Waals surface area contributed by atoms with E-state index in [2.05, 4.69) is 29.1 Å². The van der Waals surface area contributed by atoms with Gasteiger partial charge in [0.2, 0.25) is 0 Å². The number of nitrogens with zero attached hydrogens (tertiary/aromatic N) is 2. The molecule has 1 heterocycles. The van der Waals surface area contributed by atoms with Crippen LogP contribution < -0.4 is 5.32 Å². The van der Waals surface area contributed by atoms with Gasteiger partial charge in [0, 0.05) is 29.1 Å². The quantitative estimate of drug-likeness (QED) is 0.894. The number of benzene rings is 1. The molecule has 0 aliphatic rings. The second-order valence-corrected chi connectivity index (χ2v) is 5.45. The molecule has 0 saturated carbocycles. The zero-order valence-electron chi connectivity index (χ0n) is 12.5. The molecule has 0 radical (unpaired) electrons. The Morgan fingerprint density at radius 2 is 2.14 bits per heavy atom. The molecule has 1 aromatic carbocycles. The molecule has 3 nitrogen and oxygen atoms in total. The van der Waals surface area contributed by atoms with Gasteiger partial charge in [-0.15, -0.1) is 0 Å². The van der Waals surface area contributed by atoms with E-state index in [9.17, 15) is 4.39 Å². The SMILES string of the molecule is CCCNC(C)c1cnc(-c2ccc(F)c(Cl)c2)nc1C. The third-order valence-corrected chi connectivity index (χ3v) is 3.65. The lowest BCUT2D eigenvalue weighted by molar-refractivity contribution is 0.564. The Morgan fingerprint density at radius 1 is 1.38 bits per heavy atom. The molecule has 0 fully saturated rings. The molecule has 0 saturated heterocycles. The van der Waals surface area contributed by atoms with E-state index < -0.39 is 5.82 Å². The lowest BCUT2D eigenvalue weighted by Gasteiger charge is -2.15. The van der Waals surface area contributed by atoms with Crippen molar-refractivity contribution in [3.05, 3.63) is 46.5 Å². The maximum Gasteiger partial charge on any atom is 0.159 e. The van der Waals surface area contributed by atoms with Gasteiger partial charge in [0.05, 0.1) is 5.02 Å². The Bertz CT molecular complexity index is 631. The van der Waals surface area contributed by atoms with E-state index in [4.69, 9.17) is 11.6 Å². The highest BCUT2D eigenvalue weighted by molar-refractivity contribution is 6.31. The number of halogens is 2. The molecule has 2 aromatic rings. The molecule has 0 amide bonds. The summed E-state index contributed by atoms with van der Waals surface area (Å²) in [6.45, 7) is 7.13. The van der Waals surface area contributed by atoms with Crippen molar-refractivity contribution in [2.24, 2.45) is 0 Å². The largest absolute Gasteiger partial charge is 0.310 e. The Hall–Kier alpha value is -1.52. The first-order valence-electron chi connectivity index (χ1n) is 7.05. The second-order valence-electron chi connectivity index (χ2n) is 5.04. The van der Waals surface area contributed by atoms with Gasteiger partial charge in [-0.05, 0) is 45.0 Å². The van der Waals surface area contributed by atoms with Crippen LogP contribution in [0.1, 0.15) is 37.6 Å². The van der Waals surface area contributed by atoms with Crippen molar-refractivity contribution in [1.82, 2.24) is 15.3 Å². The van der Waals surface area contributed by atoms with Gasteiger partial charge < -0.3 is 5.32 Å². The van der Waals surface area contributed by atoms with Crippen LogP contribution in [0.25, 0.3) is 11.4 Å². The van der Waals surface area contributed by atoms with E-state index >= 15 is 0 Å². The zero-order chi connectivity index (χ0) is 15.4. The first-order chi connectivity index (χ1) is 10.0. The summed E-state index contributed by atoms with van der Waals surface area (Å²) in [6.07, 6.45) is 2.90. The van der Waals surface area contributed by atoms with E-state index in [1.807, 2.05) is 13.1 Å². The Morgan fingerprint density at radius 3 is 2.76 bits per heavy atom. The summed E-state index contributed by atoms with van der Waals surface area (Å²) in [5, 5.41) is 3.49. The molecule has 112 valence electrons. The molecule has 21 heavy (non-hydrogen) atoms. The van der Waals surface area contributed by atoms with Crippen LogP contribution in [0.15, 0.2) is 24.4 Å². The average molecular weight is 308 g/mol. The summed E-state index contributed by atoms with van der Waals surface area (Å²) in [4.78, 5) is 8.89. The van der Waals surface area contributed by atoms with Crippen LogP contribution in [0, 0.1) is 12.7 Å². The molecule has 1 aromatic heterocycles. The summed E-state index contributed by atoms with van der Waals surface area (Å²) in [7, 11) is 0. The molecular formula is C16H19ClFN3. The maximum absolute atomic E-state index is 13.2. The summed E-state index contributed by atoms with van der Waals surface area (Å²) in [6, 6.07) is 4.71. The van der Waals surface area contributed by atoms with Crippen LogP contribution in [0.5, 0.6) is 0 Å². The molecule has 0 bridgehead atoms. The van der Waals surface area contributed by atoms with Gasteiger partial charge >= 0.3 is 0 Å². The Labute approximate surface area is 129 Å². The van der Waals surface area contributed by atoms with Crippen molar-refractivity contribution in [3.63, 3.8) is 0 Å². The molecule has 0 aliphatic carbocycles. The molecule has 2 rings (SSSR count). The van der Waals surface area contributed by atoms with Gasteiger partial charge in [0.25, 0.3) is 0 Å². The molecule has 1 unspecified atom stereocenters. The number of rotatable bonds is 5. The van der Waals surface area contributed by atoms with E-state index in [0.717, 1.165) is 24.2 Å². The highest BCUT2D eigenvalue weighted by Crippen LogP contribution is 2.24. The van der Waals surface area contributed by atoms with Gasteiger partial charge in [0.15, 0.2) is 5.82 Å². The summed E-state index contributed by atoms with van der Waals surface area (Å²) >= 11 is 5.80. The van der Waals surface area contributed by atoms with E-state index in [-0.39, 0.29) is 11.1 Å². The van der Waals surface area contributed by atoms with Gasteiger partial charge in [-0.25, -0.2) is 14.4 Å². The highest BCUT2D eigenvalue weighted by atomic mass is 35.5. The minimum Gasteiger partial charge on any atom is -0.310 e. The predicted octanol–water partition coefficient (Wildman–Crippen LogP) is 4.31. The molecule has 5 heteroatoms. The fourth-order valence-electron chi connectivity index (χ4n) is 2.15.